The molecule has 1 aromatic carbocycles. The standard InChI is InChI=1S/C18H23N5O3S/c1-11-5-6-13(27(25,26)8-7-18(3,4)24)9-14(11)15-10-20-17-16(19)21-12(2)22-23(15)17/h5-6,9-10,24H,7-8H2,1-4H3,(H2,19,21,22). The van der Waals surface area contributed by atoms with Crippen LogP contribution in [-0.4, -0.2) is 44.5 Å². The predicted molar refractivity (Wildman–Crippen MR) is 103 cm³/mol. The summed E-state index contributed by atoms with van der Waals surface area (Å²) in [6.45, 7) is 6.80. The highest BCUT2D eigenvalue weighted by Crippen LogP contribution is 2.28. The minimum atomic E-state index is -3.54. The van der Waals surface area contributed by atoms with Gasteiger partial charge in [-0.2, -0.15) is 5.10 Å². The van der Waals surface area contributed by atoms with Crippen LogP contribution < -0.4 is 5.73 Å². The topological polar surface area (TPSA) is 123 Å². The molecule has 0 unspecified atom stereocenters. The van der Waals surface area contributed by atoms with Crippen molar-refractivity contribution in [3.05, 3.63) is 35.8 Å². The van der Waals surface area contributed by atoms with Gasteiger partial charge in [0, 0.05) is 5.56 Å². The highest BCUT2D eigenvalue weighted by Gasteiger charge is 2.22. The number of benzene rings is 1. The number of imidazole rings is 1. The van der Waals surface area contributed by atoms with Gasteiger partial charge >= 0.3 is 0 Å². The quantitative estimate of drug-likeness (QED) is 0.683. The monoisotopic (exact) mass is 389 g/mol. The number of hydrogen-bond donors (Lipinski definition) is 2. The van der Waals surface area contributed by atoms with Gasteiger partial charge < -0.3 is 10.8 Å². The molecule has 8 nitrogen and oxygen atoms in total. The molecule has 0 spiro atoms. The number of nitrogens with zero attached hydrogens (tertiary/aromatic N) is 4. The Morgan fingerprint density at radius 1 is 1.26 bits per heavy atom. The Bertz CT molecular complexity index is 1110. The smallest absolute Gasteiger partial charge is 0.197 e. The van der Waals surface area contributed by atoms with Crippen LogP contribution in [0.25, 0.3) is 16.9 Å². The van der Waals surface area contributed by atoms with Crippen LogP contribution in [0, 0.1) is 13.8 Å². The molecular weight excluding hydrogens is 366 g/mol. The summed E-state index contributed by atoms with van der Waals surface area (Å²) in [6, 6.07) is 4.95. The van der Waals surface area contributed by atoms with E-state index in [9.17, 15) is 13.5 Å². The molecule has 27 heavy (non-hydrogen) atoms. The van der Waals surface area contributed by atoms with Crippen molar-refractivity contribution in [2.24, 2.45) is 0 Å². The first-order valence-electron chi connectivity index (χ1n) is 8.52. The summed E-state index contributed by atoms with van der Waals surface area (Å²) < 4.78 is 27.0. The Hall–Kier alpha value is -2.52. The zero-order valence-corrected chi connectivity index (χ0v) is 16.6. The third kappa shape index (κ3) is 3.93. The van der Waals surface area contributed by atoms with Gasteiger partial charge in [-0.1, -0.05) is 6.07 Å². The van der Waals surface area contributed by atoms with Crippen LogP contribution in [-0.2, 0) is 9.84 Å². The molecule has 0 saturated carbocycles. The molecule has 3 N–H and O–H groups in total. The maximum absolute atomic E-state index is 12.7. The molecule has 144 valence electrons. The van der Waals surface area contributed by atoms with Crippen molar-refractivity contribution in [1.29, 1.82) is 0 Å². The number of fused-ring (bicyclic) bond motifs is 1. The minimum absolute atomic E-state index is 0.139. The van der Waals surface area contributed by atoms with Gasteiger partial charge in [-0.15, -0.1) is 0 Å². The van der Waals surface area contributed by atoms with Crippen molar-refractivity contribution in [1.82, 2.24) is 19.6 Å². The summed E-state index contributed by atoms with van der Waals surface area (Å²) in [5, 5.41) is 14.2. The highest BCUT2D eigenvalue weighted by atomic mass is 32.2. The van der Waals surface area contributed by atoms with Gasteiger partial charge in [-0.05, 0) is 51.8 Å². The first-order valence-corrected chi connectivity index (χ1v) is 10.2. The Labute approximate surface area is 158 Å². The van der Waals surface area contributed by atoms with Gasteiger partial charge in [-0.25, -0.2) is 22.9 Å². The lowest BCUT2D eigenvalue weighted by Crippen LogP contribution is -2.23. The third-order valence-corrected chi connectivity index (χ3v) is 6.03. The summed E-state index contributed by atoms with van der Waals surface area (Å²) in [5.74, 6) is 0.617. The average Bonchev–Trinajstić information content (AvgIpc) is 2.96. The van der Waals surface area contributed by atoms with E-state index in [2.05, 4.69) is 15.1 Å². The third-order valence-electron chi connectivity index (χ3n) is 4.32. The van der Waals surface area contributed by atoms with Crippen molar-refractivity contribution in [2.75, 3.05) is 11.5 Å². The Balaban J connectivity index is 2.10. The molecule has 0 fully saturated rings. The van der Waals surface area contributed by atoms with Crippen molar-refractivity contribution in [3.63, 3.8) is 0 Å². The number of hydrogen-bond acceptors (Lipinski definition) is 7. The summed E-state index contributed by atoms with van der Waals surface area (Å²) >= 11 is 0. The van der Waals surface area contributed by atoms with Crippen LogP contribution in [0.3, 0.4) is 0 Å². The van der Waals surface area contributed by atoms with Crippen LogP contribution in [0.2, 0.25) is 0 Å². The van der Waals surface area contributed by atoms with E-state index in [-0.39, 0.29) is 22.9 Å². The normalized spacial score (nSPS) is 12.6. The lowest BCUT2D eigenvalue weighted by Gasteiger charge is -2.17. The number of aryl methyl sites for hydroxylation is 2. The van der Waals surface area contributed by atoms with Crippen molar-refractivity contribution >= 4 is 21.3 Å². The van der Waals surface area contributed by atoms with E-state index in [1.807, 2.05) is 6.92 Å². The Morgan fingerprint density at radius 2 is 1.96 bits per heavy atom. The second kappa shape index (κ2) is 6.58. The van der Waals surface area contributed by atoms with Gasteiger partial charge in [0.15, 0.2) is 21.3 Å². The molecule has 0 aliphatic carbocycles. The van der Waals surface area contributed by atoms with E-state index in [4.69, 9.17) is 5.73 Å². The largest absolute Gasteiger partial charge is 0.390 e. The van der Waals surface area contributed by atoms with Crippen molar-refractivity contribution in [3.8, 4) is 11.3 Å². The molecule has 2 aromatic heterocycles. The second-order valence-corrected chi connectivity index (χ2v) is 9.39. The van der Waals surface area contributed by atoms with E-state index in [0.29, 0.717) is 22.7 Å². The maximum Gasteiger partial charge on any atom is 0.197 e. The number of aliphatic hydroxyl groups is 1. The van der Waals surface area contributed by atoms with Gasteiger partial charge in [0.1, 0.15) is 5.82 Å². The van der Waals surface area contributed by atoms with E-state index in [0.717, 1.165) is 5.56 Å². The minimum Gasteiger partial charge on any atom is -0.390 e. The molecular formula is C18H23N5O3S. The fraction of sp³-hybridized carbons (Fsp3) is 0.389. The number of aromatic nitrogens is 4. The van der Waals surface area contributed by atoms with Gasteiger partial charge in [-0.3, -0.25) is 0 Å². The molecule has 3 aromatic rings. The second-order valence-electron chi connectivity index (χ2n) is 7.28. The molecule has 0 radical (unpaired) electrons. The number of rotatable bonds is 5. The maximum atomic E-state index is 12.7. The van der Waals surface area contributed by atoms with Crippen LogP contribution in [0.15, 0.2) is 29.3 Å². The average molecular weight is 389 g/mol. The molecule has 0 bridgehead atoms. The van der Waals surface area contributed by atoms with Gasteiger partial charge in [0.05, 0.1) is 28.1 Å². The van der Waals surface area contributed by atoms with E-state index in [1.54, 1.807) is 49.7 Å². The molecule has 3 rings (SSSR count). The molecule has 0 aliphatic rings. The predicted octanol–water partition coefficient (Wildman–Crippen LogP) is 1.93. The lowest BCUT2D eigenvalue weighted by molar-refractivity contribution is 0.0772. The van der Waals surface area contributed by atoms with Crippen LogP contribution in [0.4, 0.5) is 5.82 Å². The summed E-state index contributed by atoms with van der Waals surface area (Å²) in [7, 11) is -3.54. The van der Waals surface area contributed by atoms with Crippen molar-refractivity contribution < 1.29 is 13.5 Å². The Morgan fingerprint density at radius 3 is 2.63 bits per heavy atom. The molecule has 9 heteroatoms. The summed E-state index contributed by atoms with van der Waals surface area (Å²) in [4.78, 5) is 8.56. The van der Waals surface area contributed by atoms with Crippen molar-refractivity contribution in [2.45, 2.75) is 44.6 Å². The molecule has 2 heterocycles. The highest BCUT2D eigenvalue weighted by molar-refractivity contribution is 7.91. The zero-order chi connectivity index (χ0) is 20.0. The summed E-state index contributed by atoms with van der Waals surface area (Å²) in [6.07, 6.45) is 1.76. The van der Waals surface area contributed by atoms with Gasteiger partial charge in [0.2, 0.25) is 0 Å². The van der Waals surface area contributed by atoms with Crippen LogP contribution in [0.5, 0.6) is 0 Å². The molecule has 0 amide bonds. The summed E-state index contributed by atoms with van der Waals surface area (Å²) in [5.41, 5.74) is 7.51. The number of sulfone groups is 1. The first kappa shape index (κ1) is 19.2. The SMILES string of the molecule is Cc1nc(N)c2ncc(-c3cc(S(=O)(=O)CCC(C)(C)O)ccc3C)n2n1. The van der Waals surface area contributed by atoms with E-state index in [1.165, 1.54) is 0 Å². The first-order chi connectivity index (χ1) is 12.5. The fourth-order valence-corrected chi connectivity index (χ4v) is 4.35. The molecule has 0 aliphatic heterocycles. The molecule has 0 atom stereocenters. The lowest BCUT2D eigenvalue weighted by atomic mass is 10.1. The molecule has 0 saturated heterocycles. The number of nitrogen functional groups attached to an aromatic ring is 1. The fourth-order valence-electron chi connectivity index (χ4n) is 2.77. The van der Waals surface area contributed by atoms with Crippen LogP contribution in [0.1, 0.15) is 31.7 Å². The Kier molecular flexibility index (Phi) is 4.69. The van der Waals surface area contributed by atoms with E-state index >= 15 is 0 Å². The number of nitrogens with two attached hydrogens (primary N) is 1. The van der Waals surface area contributed by atoms with Crippen LogP contribution >= 0.6 is 0 Å². The zero-order valence-electron chi connectivity index (χ0n) is 15.8. The number of anilines is 1. The van der Waals surface area contributed by atoms with Gasteiger partial charge in [0.25, 0.3) is 0 Å². The van der Waals surface area contributed by atoms with E-state index < -0.39 is 15.4 Å².